The summed E-state index contributed by atoms with van der Waals surface area (Å²) in [5.74, 6) is -0.513. The van der Waals surface area contributed by atoms with E-state index < -0.39 is 27.8 Å². The van der Waals surface area contributed by atoms with Gasteiger partial charge in [-0.05, 0) is 27.2 Å². The van der Waals surface area contributed by atoms with Crippen LogP contribution in [-0.2, 0) is 19.7 Å². The molecule has 0 aromatic heterocycles. The number of carbonyl (C=O) groups excluding carboxylic acids is 2. The zero-order chi connectivity index (χ0) is 13.3. The van der Waals surface area contributed by atoms with Gasteiger partial charge in [0.1, 0.15) is 5.60 Å². The molecule has 1 rings (SSSR count). The normalized spacial score (nSPS) is 17.1. The molecule has 1 heterocycles. The lowest BCUT2D eigenvalue weighted by molar-refractivity contribution is -0.123. The fourth-order valence-electron chi connectivity index (χ4n) is 1.34. The van der Waals surface area contributed by atoms with Crippen molar-refractivity contribution in [1.82, 2.24) is 9.03 Å². The molecule has 0 aromatic carbocycles. The van der Waals surface area contributed by atoms with E-state index in [9.17, 15) is 18.0 Å². The standard InChI is InChI=1S/C9H16N2O5S/c1-9(2,3)16-8(13)10-17(14,15)11-6-4-5-7(11)12/h4-6H2,1-3H3,(H,10,13). The predicted molar refractivity (Wildman–Crippen MR) is 59.2 cm³/mol. The molecular weight excluding hydrogens is 248 g/mol. The third kappa shape index (κ3) is 3.88. The number of nitrogens with one attached hydrogen (secondary N) is 1. The van der Waals surface area contributed by atoms with Crippen LogP contribution in [0.4, 0.5) is 4.79 Å². The minimum Gasteiger partial charge on any atom is -0.443 e. The molecule has 0 spiro atoms. The molecule has 1 saturated heterocycles. The van der Waals surface area contributed by atoms with E-state index in [1.165, 1.54) is 0 Å². The summed E-state index contributed by atoms with van der Waals surface area (Å²) in [5, 5.41) is 0. The van der Waals surface area contributed by atoms with Crippen molar-refractivity contribution in [3.63, 3.8) is 0 Å². The summed E-state index contributed by atoms with van der Waals surface area (Å²) in [6, 6.07) is 0. The van der Waals surface area contributed by atoms with E-state index in [0.717, 1.165) is 0 Å². The molecule has 0 radical (unpaired) electrons. The van der Waals surface area contributed by atoms with Crippen LogP contribution in [-0.4, -0.2) is 36.9 Å². The van der Waals surface area contributed by atoms with Crippen LogP contribution in [0.1, 0.15) is 33.6 Å². The highest BCUT2D eigenvalue weighted by molar-refractivity contribution is 7.88. The van der Waals surface area contributed by atoms with E-state index in [2.05, 4.69) is 0 Å². The van der Waals surface area contributed by atoms with Gasteiger partial charge in [-0.15, -0.1) is 0 Å². The first kappa shape index (κ1) is 13.8. The number of rotatable bonds is 2. The van der Waals surface area contributed by atoms with E-state index >= 15 is 0 Å². The summed E-state index contributed by atoms with van der Waals surface area (Å²) in [7, 11) is -4.12. The van der Waals surface area contributed by atoms with Gasteiger partial charge in [-0.1, -0.05) is 0 Å². The Labute approximate surface area is 100 Å². The van der Waals surface area contributed by atoms with E-state index in [-0.39, 0.29) is 13.0 Å². The second kappa shape index (κ2) is 4.52. The van der Waals surface area contributed by atoms with Crippen molar-refractivity contribution in [2.24, 2.45) is 0 Å². The summed E-state index contributed by atoms with van der Waals surface area (Å²) in [5.41, 5.74) is -0.797. The van der Waals surface area contributed by atoms with Crippen molar-refractivity contribution in [2.45, 2.75) is 39.2 Å². The van der Waals surface area contributed by atoms with Crippen molar-refractivity contribution in [3.8, 4) is 0 Å². The van der Waals surface area contributed by atoms with E-state index in [1.54, 1.807) is 25.5 Å². The van der Waals surface area contributed by atoms with Crippen molar-refractivity contribution >= 4 is 22.2 Å². The van der Waals surface area contributed by atoms with Gasteiger partial charge in [0.05, 0.1) is 0 Å². The Kier molecular flexibility index (Phi) is 3.65. The molecule has 1 aliphatic rings. The Balaban J connectivity index is 2.67. The fourth-order valence-corrected chi connectivity index (χ4v) is 2.43. The minimum atomic E-state index is -4.12. The van der Waals surface area contributed by atoms with Gasteiger partial charge in [0.2, 0.25) is 5.91 Å². The first-order valence-corrected chi connectivity index (χ1v) is 6.62. The second-order valence-electron chi connectivity index (χ2n) is 4.68. The maximum absolute atomic E-state index is 11.6. The molecule has 98 valence electrons. The predicted octanol–water partition coefficient (Wildman–Crippen LogP) is 0.378. The molecule has 0 saturated carbocycles. The molecule has 0 aromatic rings. The van der Waals surface area contributed by atoms with Crippen molar-refractivity contribution in [1.29, 1.82) is 0 Å². The number of hydrogen-bond acceptors (Lipinski definition) is 5. The van der Waals surface area contributed by atoms with Crippen LogP contribution in [0.15, 0.2) is 0 Å². The number of hydrogen-bond donors (Lipinski definition) is 1. The summed E-state index contributed by atoms with van der Waals surface area (Å²) >= 11 is 0. The SMILES string of the molecule is CC(C)(C)OC(=O)NS(=O)(=O)N1CCCC1=O. The van der Waals surface area contributed by atoms with E-state index in [4.69, 9.17) is 4.74 Å². The van der Waals surface area contributed by atoms with Crippen LogP contribution in [0.3, 0.4) is 0 Å². The summed E-state index contributed by atoms with van der Waals surface area (Å²) < 4.78 is 30.4. The first-order valence-electron chi connectivity index (χ1n) is 5.18. The highest BCUT2D eigenvalue weighted by Gasteiger charge is 2.33. The van der Waals surface area contributed by atoms with Gasteiger partial charge in [0, 0.05) is 13.0 Å². The van der Waals surface area contributed by atoms with Crippen LogP contribution >= 0.6 is 0 Å². The molecular formula is C9H16N2O5S. The average Bonchev–Trinajstić information content (AvgIpc) is 2.46. The highest BCUT2D eigenvalue weighted by Crippen LogP contribution is 2.14. The van der Waals surface area contributed by atoms with Crippen LogP contribution in [0.2, 0.25) is 0 Å². The molecule has 0 aliphatic carbocycles. The summed E-state index contributed by atoms with van der Waals surface area (Å²) in [4.78, 5) is 22.5. The number of amides is 2. The Morgan fingerprint density at radius 3 is 2.41 bits per heavy atom. The van der Waals surface area contributed by atoms with E-state index in [1.807, 2.05) is 0 Å². The number of nitrogens with zero attached hydrogens (tertiary/aromatic N) is 1. The molecule has 1 aliphatic heterocycles. The molecule has 8 heteroatoms. The summed E-state index contributed by atoms with van der Waals surface area (Å²) in [6.07, 6.45) is -0.444. The topological polar surface area (TPSA) is 92.8 Å². The van der Waals surface area contributed by atoms with E-state index in [0.29, 0.717) is 10.7 Å². The zero-order valence-electron chi connectivity index (χ0n) is 10.0. The lowest BCUT2D eigenvalue weighted by Crippen LogP contribution is -2.45. The van der Waals surface area contributed by atoms with Gasteiger partial charge in [-0.3, -0.25) is 4.79 Å². The maximum Gasteiger partial charge on any atom is 0.422 e. The quantitative estimate of drug-likeness (QED) is 0.778. The Bertz CT molecular complexity index is 423. The Hall–Kier alpha value is -1.31. The Morgan fingerprint density at radius 1 is 1.41 bits per heavy atom. The molecule has 0 unspecified atom stereocenters. The van der Waals surface area contributed by atoms with Crippen LogP contribution in [0, 0.1) is 0 Å². The van der Waals surface area contributed by atoms with Crippen LogP contribution in [0.5, 0.6) is 0 Å². The van der Waals surface area contributed by atoms with Gasteiger partial charge >= 0.3 is 16.3 Å². The van der Waals surface area contributed by atoms with Gasteiger partial charge in [-0.25, -0.2) is 13.8 Å². The molecule has 1 fully saturated rings. The number of carbonyl (C=O) groups is 2. The van der Waals surface area contributed by atoms with Crippen LogP contribution < -0.4 is 4.72 Å². The largest absolute Gasteiger partial charge is 0.443 e. The van der Waals surface area contributed by atoms with Gasteiger partial charge < -0.3 is 4.74 Å². The average molecular weight is 264 g/mol. The highest BCUT2D eigenvalue weighted by atomic mass is 32.2. The van der Waals surface area contributed by atoms with Crippen molar-refractivity contribution in [2.75, 3.05) is 6.54 Å². The lowest BCUT2D eigenvalue weighted by atomic mass is 10.2. The monoisotopic (exact) mass is 264 g/mol. The third-order valence-electron chi connectivity index (χ3n) is 1.93. The van der Waals surface area contributed by atoms with Crippen molar-refractivity contribution in [3.05, 3.63) is 0 Å². The minimum absolute atomic E-state index is 0.0942. The number of ether oxygens (including phenoxy) is 1. The zero-order valence-corrected chi connectivity index (χ0v) is 10.8. The molecule has 0 bridgehead atoms. The van der Waals surface area contributed by atoms with Gasteiger partial charge in [-0.2, -0.15) is 8.42 Å². The molecule has 2 amide bonds. The lowest BCUT2D eigenvalue weighted by Gasteiger charge is -2.21. The Morgan fingerprint density at radius 2 is 2.00 bits per heavy atom. The van der Waals surface area contributed by atoms with Crippen LogP contribution in [0.25, 0.3) is 0 Å². The molecule has 0 atom stereocenters. The third-order valence-corrected chi connectivity index (χ3v) is 3.32. The fraction of sp³-hybridized carbons (Fsp3) is 0.778. The maximum atomic E-state index is 11.6. The molecule has 1 N–H and O–H groups in total. The smallest absolute Gasteiger partial charge is 0.422 e. The van der Waals surface area contributed by atoms with Gasteiger partial charge in [0.25, 0.3) is 0 Å². The van der Waals surface area contributed by atoms with Crippen molar-refractivity contribution < 1.29 is 22.7 Å². The second-order valence-corrected chi connectivity index (χ2v) is 6.27. The van der Waals surface area contributed by atoms with Gasteiger partial charge in [0.15, 0.2) is 0 Å². The molecule has 7 nitrogen and oxygen atoms in total. The first-order chi connectivity index (χ1) is 7.62. The molecule has 17 heavy (non-hydrogen) atoms. The summed E-state index contributed by atoms with van der Waals surface area (Å²) in [6.45, 7) is 4.93.